The average molecular weight is 415 g/mol. The van der Waals surface area contributed by atoms with E-state index in [0.29, 0.717) is 22.4 Å². The first-order valence-corrected chi connectivity index (χ1v) is 10.1. The minimum atomic E-state index is -0.0749. The van der Waals surface area contributed by atoms with Crippen LogP contribution >= 0.6 is 11.6 Å². The molecule has 0 spiro atoms. The number of anilines is 2. The molecule has 1 amide bonds. The molecule has 0 radical (unpaired) electrons. The third-order valence-electron chi connectivity index (χ3n) is 5.08. The molecule has 0 bridgehead atoms. The molecule has 9 heteroatoms. The maximum atomic E-state index is 11.5. The minimum Gasteiger partial charge on any atom is -0.393 e. The summed E-state index contributed by atoms with van der Waals surface area (Å²) in [5, 5.41) is 16.6. The smallest absolute Gasteiger partial charge is 0.244 e. The van der Waals surface area contributed by atoms with Crippen LogP contribution in [0, 0.1) is 0 Å². The van der Waals surface area contributed by atoms with Crippen molar-refractivity contribution < 1.29 is 9.90 Å². The quantitative estimate of drug-likeness (QED) is 0.635. The van der Waals surface area contributed by atoms with Crippen LogP contribution in [0.5, 0.6) is 0 Å². The maximum Gasteiger partial charge on any atom is 0.244 e. The lowest BCUT2D eigenvalue weighted by molar-refractivity contribution is -0.115. The van der Waals surface area contributed by atoms with Gasteiger partial charge in [0, 0.05) is 18.3 Å². The average Bonchev–Trinajstić information content (AvgIpc) is 3.12. The molecule has 3 aromatic rings. The van der Waals surface area contributed by atoms with Crippen molar-refractivity contribution in [2.75, 3.05) is 23.8 Å². The number of amides is 1. The molecule has 0 atom stereocenters. The molecule has 1 aliphatic heterocycles. The first kappa shape index (κ1) is 19.6. The Balaban J connectivity index is 0.000000249. The molecule has 4 heterocycles. The van der Waals surface area contributed by atoms with Gasteiger partial charge in [-0.25, -0.2) is 14.5 Å². The van der Waals surface area contributed by atoms with E-state index in [0.717, 1.165) is 23.9 Å². The number of fused-ring (bicyclic) bond motifs is 2. The van der Waals surface area contributed by atoms with Gasteiger partial charge >= 0.3 is 0 Å². The second-order valence-electron chi connectivity index (χ2n) is 7.36. The number of pyridine rings is 1. The summed E-state index contributed by atoms with van der Waals surface area (Å²) >= 11 is 6.05. The fourth-order valence-electron chi connectivity index (χ4n) is 3.57. The monoisotopic (exact) mass is 414 g/mol. The maximum absolute atomic E-state index is 11.5. The molecule has 0 unspecified atom stereocenters. The summed E-state index contributed by atoms with van der Waals surface area (Å²) in [4.78, 5) is 22.2. The van der Waals surface area contributed by atoms with Crippen LogP contribution in [0.1, 0.15) is 32.1 Å². The van der Waals surface area contributed by atoms with Crippen LogP contribution in [0.3, 0.4) is 0 Å². The molecule has 1 aliphatic carbocycles. The van der Waals surface area contributed by atoms with Crippen LogP contribution in [-0.2, 0) is 4.79 Å². The van der Waals surface area contributed by atoms with Gasteiger partial charge < -0.3 is 15.3 Å². The molecule has 1 fully saturated rings. The zero-order valence-electron chi connectivity index (χ0n) is 16.2. The first-order valence-electron chi connectivity index (χ1n) is 9.70. The van der Waals surface area contributed by atoms with Gasteiger partial charge in [0.25, 0.3) is 0 Å². The molecule has 2 aliphatic rings. The number of nitrogens with one attached hydrogen (secondary N) is 1. The van der Waals surface area contributed by atoms with Crippen LogP contribution in [0.15, 0.2) is 30.7 Å². The predicted octanol–water partition coefficient (Wildman–Crippen LogP) is 3.14. The zero-order chi connectivity index (χ0) is 20.4. The molecule has 0 saturated heterocycles. The number of hydrogen-bond donors (Lipinski definition) is 2. The van der Waals surface area contributed by atoms with Gasteiger partial charge in [-0.2, -0.15) is 5.10 Å². The van der Waals surface area contributed by atoms with Gasteiger partial charge in [0.05, 0.1) is 36.1 Å². The second kappa shape index (κ2) is 8.34. The van der Waals surface area contributed by atoms with E-state index in [1.54, 1.807) is 34.1 Å². The van der Waals surface area contributed by atoms with Crippen molar-refractivity contribution in [3.63, 3.8) is 0 Å². The Hall–Kier alpha value is -2.71. The first-order chi connectivity index (χ1) is 14.0. The van der Waals surface area contributed by atoms with E-state index in [4.69, 9.17) is 16.7 Å². The van der Waals surface area contributed by atoms with Gasteiger partial charge in [-0.1, -0.05) is 30.9 Å². The van der Waals surface area contributed by atoms with Crippen molar-refractivity contribution >= 4 is 34.5 Å². The van der Waals surface area contributed by atoms with Gasteiger partial charge in [0.1, 0.15) is 5.69 Å². The summed E-state index contributed by atoms with van der Waals surface area (Å²) in [5.41, 5.74) is 2.22. The summed E-state index contributed by atoms with van der Waals surface area (Å²) in [6, 6.07) is 3.58. The number of aromatic nitrogens is 4. The van der Waals surface area contributed by atoms with Gasteiger partial charge in [-0.05, 0) is 25.0 Å². The van der Waals surface area contributed by atoms with E-state index in [1.807, 2.05) is 13.1 Å². The molecule has 29 heavy (non-hydrogen) atoms. The Morgan fingerprint density at radius 2 is 2.03 bits per heavy atom. The topological polar surface area (TPSA) is 95.7 Å². The zero-order valence-corrected chi connectivity index (χ0v) is 16.9. The van der Waals surface area contributed by atoms with Crippen molar-refractivity contribution in [1.29, 1.82) is 0 Å². The Labute approximate surface area is 173 Å². The van der Waals surface area contributed by atoms with E-state index >= 15 is 0 Å². The lowest BCUT2D eigenvalue weighted by Gasteiger charge is -2.25. The Kier molecular flexibility index (Phi) is 5.64. The van der Waals surface area contributed by atoms with Crippen LogP contribution in [0.2, 0.25) is 5.02 Å². The van der Waals surface area contributed by atoms with E-state index in [2.05, 4.69) is 20.4 Å². The highest BCUT2D eigenvalue weighted by Gasteiger charge is 2.22. The van der Waals surface area contributed by atoms with Gasteiger partial charge in [0.15, 0.2) is 11.6 Å². The predicted molar refractivity (Wildman–Crippen MR) is 112 cm³/mol. The number of carbonyl (C=O) groups is 1. The number of nitrogens with zero attached hydrogens (tertiary/aromatic N) is 5. The lowest BCUT2D eigenvalue weighted by atomic mass is 9.98. The standard InChI is InChI=1S/C14H11ClN6O.C6H12O/c1-20-7-12(22)18-10-6-16-13(19-14(10)20)9-5-17-21-3-2-8(15)4-11(9)21;7-6-4-2-1-3-5-6/h2-6H,7H2,1H3,(H,18,22);6-7H,1-5H2. The fourth-order valence-corrected chi connectivity index (χ4v) is 3.73. The number of aliphatic hydroxyl groups excluding tert-OH is 1. The molecular weight excluding hydrogens is 392 g/mol. The highest BCUT2D eigenvalue weighted by Crippen LogP contribution is 2.30. The minimum absolute atomic E-state index is 0.0359. The fraction of sp³-hybridized carbons (Fsp3) is 0.400. The van der Waals surface area contributed by atoms with Crippen LogP contribution in [0.4, 0.5) is 11.5 Å². The van der Waals surface area contributed by atoms with Crippen molar-refractivity contribution in [1.82, 2.24) is 19.6 Å². The number of aliphatic hydroxyl groups is 1. The molecule has 2 N–H and O–H groups in total. The molecular formula is C20H23ClN6O2. The summed E-state index contributed by atoms with van der Waals surface area (Å²) in [6.45, 7) is 0.268. The third kappa shape index (κ3) is 4.33. The third-order valence-corrected chi connectivity index (χ3v) is 5.32. The number of hydrogen-bond acceptors (Lipinski definition) is 6. The summed E-state index contributed by atoms with van der Waals surface area (Å²) in [5.74, 6) is 1.15. The number of halogens is 1. The van der Waals surface area contributed by atoms with Crippen LogP contribution < -0.4 is 10.2 Å². The van der Waals surface area contributed by atoms with Crippen molar-refractivity contribution in [2.45, 2.75) is 38.2 Å². The highest BCUT2D eigenvalue weighted by atomic mass is 35.5. The molecule has 3 aromatic heterocycles. The number of carbonyl (C=O) groups excluding carboxylic acids is 1. The Morgan fingerprint density at radius 3 is 2.76 bits per heavy atom. The molecule has 152 valence electrons. The van der Waals surface area contributed by atoms with E-state index in [-0.39, 0.29) is 18.6 Å². The van der Waals surface area contributed by atoms with Gasteiger partial charge in [-0.15, -0.1) is 0 Å². The number of likely N-dealkylation sites (N-methyl/N-ethyl adjacent to an activating group) is 1. The van der Waals surface area contributed by atoms with E-state index in [9.17, 15) is 4.79 Å². The second-order valence-corrected chi connectivity index (χ2v) is 7.80. The summed E-state index contributed by atoms with van der Waals surface area (Å²) in [6.07, 6.45) is 11.0. The van der Waals surface area contributed by atoms with Crippen molar-refractivity contribution in [3.05, 3.63) is 35.7 Å². The summed E-state index contributed by atoms with van der Waals surface area (Å²) < 4.78 is 1.72. The highest BCUT2D eigenvalue weighted by molar-refractivity contribution is 6.31. The SMILES string of the molecule is CN1CC(=O)Nc2cnc(-c3cnn4ccc(Cl)cc34)nc21.OC1CCCCC1. The lowest BCUT2D eigenvalue weighted by Crippen LogP contribution is -2.36. The summed E-state index contributed by atoms with van der Waals surface area (Å²) in [7, 11) is 1.82. The Bertz CT molecular complexity index is 1030. The molecule has 8 nitrogen and oxygen atoms in total. The van der Waals surface area contributed by atoms with Crippen molar-refractivity contribution in [2.24, 2.45) is 0 Å². The number of rotatable bonds is 1. The van der Waals surface area contributed by atoms with Gasteiger partial charge in [-0.3, -0.25) is 4.79 Å². The Morgan fingerprint density at radius 1 is 1.24 bits per heavy atom. The van der Waals surface area contributed by atoms with E-state index in [1.165, 1.54) is 19.3 Å². The molecule has 5 rings (SSSR count). The van der Waals surface area contributed by atoms with Crippen LogP contribution in [0.25, 0.3) is 16.9 Å². The van der Waals surface area contributed by atoms with Crippen LogP contribution in [-0.4, -0.2) is 50.3 Å². The van der Waals surface area contributed by atoms with Crippen molar-refractivity contribution in [3.8, 4) is 11.4 Å². The largest absolute Gasteiger partial charge is 0.393 e. The van der Waals surface area contributed by atoms with Gasteiger partial charge in [0.2, 0.25) is 5.91 Å². The molecule has 0 aromatic carbocycles. The molecule has 1 saturated carbocycles. The normalized spacial score (nSPS) is 16.8. The van der Waals surface area contributed by atoms with E-state index < -0.39 is 0 Å².